The molecule has 3 N–H and O–H groups in total. The van der Waals surface area contributed by atoms with Crippen LogP contribution in [0.5, 0.6) is 0 Å². The SMILES string of the molecule is Cn1cc(NC(=O)c2ccc3ccc(N4C[C@H]5CC[C@@H]4CN5)nn23)c(C#N)n1.O=C(O)C(F)(F)F. The average molecular weight is 490 g/mol. The van der Waals surface area contributed by atoms with Gasteiger partial charge in [-0.15, -0.1) is 5.10 Å². The van der Waals surface area contributed by atoms with Gasteiger partial charge in [-0.1, -0.05) is 0 Å². The second-order valence-corrected chi connectivity index (χ2v) is 8.17. The molecular formula is C21H21F3N8O3. The first kappa shape index (κ1) is 24.0. The van der Waals surface area contributed by atoms with E-state index in [1.165, 1.54) is 11.1 Å². The summed E-state index contributed by atoms with van der Waals surface area (Å²) in [5.74, 6) is -2.20. The third kappa shape index (κ3) is 5.04. The third-order valence-corrected chi connectivity index (χ3v) is 5.79. The molecule has 1 amide bonds. The highest BCUT2D eigenvalue weighted by molar-refractivity contribution is 6.04. The molecule has 0 unspecified atom stereocenters. The molecule has 14 heteroatoms. The maximum atomic E-state index is 12.8. The van der Waals surface area contributed by atoms with Crippen LogP contribution in [0.2, 0.25) is 0 Å². The average Bonchev–Trinajstić information content (AvgIpc) is 3.41. The summed E-state index contributed by atoms with van der Waals surface area (Å²) in [6.07, 6.45) is -1.11. The van der Waals surface area contributed by atoms with E-state index in [4.69, 9.17) is 15.0 Å². The first-order valence-electron chi connectivity index (χ1n) is 10.6. The number of aromatic nitrogens is 4. The molecule has 6 heterocycles. The summed E-state index contributed by atoms with van der Waals surface area (Å²) in [6, 6.07) is 10.6. The highest BCUT2D eigenvalue weighted by atomic mass is 19.4. The molecule has 3 aliphatic rings. The molecular weight excluding hydrogens is 469 g/mol. The number of aliphatic carboxylic acids is 1. The number of carbonyl (C=O) groups is 2. The molecule has 0 saturated carbocycles. The Morgan fingerprint density at radius 2 is 1.94 bits per heavy atom. The second kappa shape index (κ2) is 9.26. The molecule has 2 bridgehead atoms. The number of hydrogen-bond acceptors (Lipinski definition) is 7. The number of carboxylic acid groups (broad SMARTS) is 1. The van der Waals surface area contributed by atoms with Crippen LogP contribution in [0.15, 0.2) is 30.5 Å². The number of piperazine rings is 1. The molecule has 3 saturated heterocycles. The fourth-order valence-electron chi connectivity index (χ4n) is 4.14. The summed E-state index contributed by atoms with van der Waals surface area (Å²) in [6.45, 7) is 1.91. The highest BCUT2D eigenvalue weighted by Gasteiger charge is 2.38. The maximum absolute atomic E-state index is 12.8. The van der Waals surface area contributed by atoms with Crippen LogP contribution in [0.25, 0.3) is 5.52 Å². The van der Waals surface area contributed by atoms with Crippen molar-refractivity contribution in [2.75, 3.05) is 23.3 Å². The van der Waals surface area contributed by atoms with Gasteiger partial charge in [-0.05, 0) is 37.1 Å². The van der Waals surface area contributed by atoms with Crippen molar-refractivity contribution in [1.29, 1.82) is 5.26 Å². The Labute approximate surface area is 196 Å². The Morgan fingerprint density at radius 3 is 2.51 bits per heavy atom. The number of fused-ring (bicyclic) bond motifs is 4. The van der Waals surface area contributed by atoms with Crippen LogP contribution in [-0.4, -0.2) is 67.7 Å². The van der Waals surface area contributed by atoms with Crippen LogP contribution in [0.4, 0.5) is 24.7 Å². The molecule has 3 fully saturated rings. The van der Waals surface area contributed by atoms with Gasteiger partial charge in [-0.2, -0.15) is 23.5 Å². The Balaban J connectivity index is 0.000000364. The molecule has 0 aromatic carbocycles. The monoisotopic (exact) mass is 490 g/mol. The van der Waals surface area contributed by atoms with Gasteiger partial charge in [0.15, 0.2) is 5.69 Å². The number of hydrogen-bond donors (Lipinski definition) is 3. The van der Waals surface area contributed by atoms with Crippen LogP contribution in [0, 0.1) is 11.3 Å². The number of rotatable bonds is 3. The van der Waals surface area contributed by atoms with Gasteiger partial charge in [0.05, 0.1) is 11.2 Å². The van der Waals surface area contributed by atoms with Crippen LogP contribution >= 0.6 is 0 Å². The number of carbonyl (C=O) groups excluding carboxylic acids is 1. The Morgan fingerprint density at radius 1 is 1.23 bits per heavy atom. The van der Waals surface area contributed by atoms with Crippen molar-refractivity contribution in [3.63, 3.8) is 0 Å². The number of nitrogens with zero attached hydrogens (tertiary/aromatic N) is 6. The fourth-order valence-corrected chi connectivity index (χ4v) is 4.14. The molecule has 3 aliphatic heterocycles. The van der Waals surface area contributed by atoms with E-state index < -0.39 is 12.1 Å². The summed E-state index contributed by atoms with van der Waals surface area (Å²) in [7, 11) is 1.71. The summed E-state index contributed by atoms with van der Waals surface area (Å²) in [5, 5.41) is 31.4. The molecule has 11 nitrogen and oxygen atoms in total. The van der Waals surface area contributed by atoms with Crippen molar-refractivity contribution < 1.29 is 27.9 Å². The van der Waals surface area contributed by atoms with E-state index in [0.717, 1.165) is 30.8 Å². The van der Waals surface area contributed by atoms with E-state index in [2.05, 4.69) is 20.6 Å². The van der Waals surface area contributed by atoms with E-state index in [1.54, 1.807) is 23.8 Å². The molecule has 3 aromatic rings. The number of nitrogens with one attached hydrogen (secondary N) is 2. The van der Waals surface area contributed by atoms with Crippen molar-refractivity contribution in [3.8, 4) is 6.07 Å². The maximum Gasteiger partial charge on any atom is 0.490 e. The molecule has 0 aliphatic carbocycles. The van der Waals surface area contributed by atoms with Crippen molar-refractivity contribution in [3.05, 3.63) is 41.9 Å². The van der Waals surface area contributed by atoms with Gasteiger partial charge in [0.1, 0.15) is 17.6 Å². The predicted molar refractivity (Wildman–Crippen MR) is 117 cm³/mol. The van der Waals surface area contributed by atoms with E-state index >= 15 is 0 Å². The lowest BCUT2D eigenvalue weighted by Crippen LogP contribution is -2.61. The minimum atomic E-state index is -5.08. The van der Waals surface area contributed by atoms with Crippen LogP contribution in [0.3, 0.4) is 0 Å². The first-order chi connectivity index (χ1) is 16.6. The first-order valence-corrected chi connectivity index (χ1v) is 10.6. The Hall–Kier alpha value is -4.12. The smallest absolute Gasteiger partial charge is 0.475 e. The predicted octanol–water partition coefficient (Wildman–Crippen LogP) is 1.77. The number of anilines is 2. The van der Waals surface area contributed by atoms with E-state index in [0.29, 0.717) is 23.5 Å². The minimum Gasteiger partial charge on any atom is -0.475 e. The zero-order chi connectivity index (χ0) is 25.3. The number of halogens is 3. The second-order valence-electron chi connectivity index (χ2n) is 8.17. The van der Waals surface area contributed by atoms with Gasteiger partial charge < -0.3 is 20.6 Å². The summed E-state index contributed by atoms with van der Waals surface area (Å²) < 4.78 is 34.9. The topological polar surface area (TPSA) is 141 Å². The van der Waals surface area contributed by atoms with Gasteiger partial charge in [-0.3, -0.25) is 9.48 Å². The fraction of sp³-hybridized carbons (Fsp3) is 0.381. The van der Waals surface area contributed by atoms with Gasteiger partial charge in [0, 0.05) is 38.4 Å². The van der Waals surface area contributed by atoms with Gasteiger partial charge >= 0.3 is 12.1 Å². The standard InChI is InChI=1S/C19H20N8O.C2HF3O2/c1-25-11-16(15(8-20)23-25)22-19(28)17-6-4-13-5-7-18(24-27(13)17)26-10-12-2-3-14(26)9-21-12;3-2(4,5)1(6)7/h4-7,11-12,14,21H,2-3,9-10H2,1H3,(H,22,28);(H,6,7)/t12-,14-;/m1./s1. The molecule has 6 rings (SSSR count). The zero-order valence-corrected chi connectivity index (χ0v) is 18.5. The molecule has 3 aromatic heterocycles. The lowest BCUT2D eigenvalue weighted by atomic mass is 9.93. The van der Waals surface area contributed by atoms with E-state index in [1.807, 2.05) is 24.3 Å². The summed E-state index contributed by atoms with van der Waals surface area (Å²) in [5.41, 5.74) is 1.84. The Bertz CT molecular complexity index is 1300. The molecule has 0 spiro atoms. The Kier molecular flexibility index (Phi) is 6.35. The molecule has 35 heavy (non-hydrogen) atoms. The summed E-state index contributed by atoms with van der Waals surface area (Å²) >= 11 is 0. The molecule has 0 radical (unpaired) electrons. The lowest BCUT2D eigenvalue weighted by molar-refractivity contribution is -0.192. The quantitative estimate of drug-likeness (QED) is 0.505. The normalized spacial score (nSPS) is 19.1. The van der Waals surface area contributed by atoms with Gasteiger partial charge in [0.25, 0.3) is 5.91 Å². The molecule has 2 atom stereocenters. The van der Waals surface area contributed by atoms with Crippen molar-refractivity contribution in [2.24, 2.45) is 7.05 Å². The van der Waals surface area contributed by atoms with Crippen LogP contribution < -0.4 is 15.5 Å². The number of amides is 1. The van der Waals surface area contributed by atoms with E-state index in [9.17, 15) is 23.2 Å². The number of nitriles is 1. The highest BCUT2D eigenvalue weighted by Crippen LogP contribution is 2.27. The van der Waals surface area contributed by atoms with Crippen molar-refractivity contribution >= 4 is 28.9 Å². The summed E-state index contributed by atoms with van der Waals surface area (Å²) in [4.78, 5) is 24.1. The van der Waals surface area contributed by atoms with Crippen LogP contribution in [-0.2, 0) is 11.8 Å². The van der Waals surface area contributed by atoms with Gasteiger partial charge in [0.2, 0.25) is 0 Å². The van der Waals surface area contributed by atoms with E-state index in [-0.39, 0.29) is 11.6 Å². The van der Waals surface area contributed by atoms with Crippen LogP contribution in [0.1, 0.15) is 29.0 Å². The third-order valence-electron chi connectivity index (χ3n) is 5.79. The van der Waals surface area contributed by atoms with Gasteiger partial charge in [-0.25, -0.2) is 9.31 Å². The molecule has 184 valence electrons. The number of piperidine rings is 2. The number of alkyl halides is 3. The van der Waals surface area contributed by atoms with Crippen molar-refractivity contribution in [2.45, 2.75) is 31.1 Å². The zero-order valence-electron chi connectivity index (χ0n) is 18.5. The number of aryl methyl sites for hydroxylation is 1. The lowest BCUT2D eigenvalue weighted by Gasteiger charge is -2.46. The largest absolute Gasteiger partial charge is 0.490 e. The van der Waals surface area contributed by atoms with Crippen molar-refractivity contribution in [1.82, 2.24) is 24.7 Å². The minimum absolute atomic E-state index is 0.183. The number of carboxylic acids is 1.